The number of ketones is 1. The highest BCUT2D eigenvalue weighted by atomic mass is 19.4. The topological polar surface area (TPSA) is 86.5 Å². The van der Waals surface area contributed by atoms with Crippen LogP contribution in [-0.4, -0.2) is 35.5 Å². The fourth-order valence-corrected chi connectivity index (χ4v) is 2.95. The lowest BCUT2D eigenvalue weighted by atomic mass is 9.78. The van der Waals surface area contributed by atoms with E-state index in [0.717, 1.165) is 0 Å². The van der Waals surface area contributed by atoms with Gasteiger partial charge in [0.25, 0.3) is 5.67 Å². The number of ether oxygens (including phenoxy) is 1. The summed E-state index contributed by atoms with van der Waals surface area (Å²) in [5.74, 6) is -5.03. The number of carbonyl (C=O) groups excluding carboxylic acids is 2. The van der Waals surface area contributed by atoms with E-state index in [-0.39, 0.29) is 12.2 Å². The van der Waals surface area contributed by atoms with Crippen molar-refractivity contribution >= 4 is 11.8 Å². The van der Waals surface area contributed by atoms with Gasteiger partial charge in [0.05, 0.1) is 12.2 Å². The van der Waals surface area contributed by atoms with Crippen LogP contribution in [0.4, 0.5) is 17.6 Å². The molecule has 0 fully saturated rings. The predicted molar refractivity (Wildman–Crippen MR) is 97.3 cm³/mol. The molecular formula is C20H17F4NO5. The first kappa shape index (κ1) is 23.0. The van der Waals surface area contributed by atoms with Crippen molar-refractivity contribution in [1.29, 1.82) is 0 Å². The van der Waals surface area contributed by atoms with Crippen LogP contribution in [-0.2, 0) is 15.7 Å². The Bertz CT molecular complexity index is 915. The maximum absolute atomic E-state index is 16.1. The summed E-state index contributed by atoms with van der Waals surface area (Å²) in [5.41, 5.74) is -5.16. The molecule has 2 atom stereocenters. The summed E-state index contributed by atoms with van der Waals surface area (Å²) in [6.07, 6.45) is -4.69. The Morgan fingerprint density at radius 3 is 2.07 bits per heavy atom. The summed E-state index contributed by atoms with van der Waals surface area (Å²) in [5, 5.41) is 11.2. The Hall–Kier alpha value is -3.30. The van der Waals surface area contributed by atoms with Gasteiger partial charge in [-0.3, -0.25) is 14.9 Å². The highest BCUT2D eigenvalue weighted by molar-refractivity contribution is 6.16. The van der Waals surface area contributed by atoms with Crippen molar-refractivity contribution in [3.63, 3.8) is 0 Å². The lowest BCUT2D eigenvalue weighted by molar-refractivity contribution is -0.485. The van der Waals surface area contributed by atoms with Crippen LogP contribution in [0.2, 0.25) is 0 Å². The Balaban J connectivity index is 2.60. The number of benzene rings is 2. The largest absolute Gasteiger partial charge is 0.463 e. The van der Waals surface area contributed by atoms with Crippen LogP contribution >= 0.6 is 0 Å². The van der Waals surface area contributed by atoms with E-state index in [1.165, 1.54) is 31.2 Å². The Morgan fingerprint density at radius 1 is 1.03 bits per heavy atom. The molecule has 30 heavy (non-hydrogen) atoms. The summed E-state index contributed by atoms with van der Waals surface area (Å²) >= 11 is 0. The number of Topliss-reactive ketones (excluding diaryl/α,β-unsaturated/α-hetero) is 1. The van der Waals surface area contributed by atoms with Crippen molar-refractivity contribution in [2.24, 2.45) is 0 Å². The van der Waals surface area contributed by atoms with E-state index < -0.39 is 52.1 Å². The first-order valence-corrected chi connectivity index (χ1v) is 8.76. The minimum Gasteiger partial charge on any atom is -0.463 e. The molecule has 2 rings (SSSR count). The third-order valence-corrected chi connectivity index (χ3v) is 4.39. The second kappa shape index (κ2) is 9.02. The normalized spacial score (nSPS) is 14.4. The number of rotatable bonds is 8. The van der Waals surface area contributed by atoms with E-state index in [1.54, 1.807) is 6.07 Å². The molecule has 0 bridgehead atoms. The van der Waals surface area contributed by atoms with Gasteiger partial charge in [-0.2, -0.15) is 13.2 Å². The SMILES string of the molecule is CCOC(=O)[C@@](F)(C(=O)c1ccc(C(F)(F)F)cc1)[C@@H](C[N+](=O)[O-])c1ccccc1. The zero-order valence-electron chi connectivity index (χ0n) is 15.7. The van der Waals surface area contributed by atoms with Crippen molar-refractivity contribution in [3.8, 4) is 0 Å². The van der Waals surface area contributed by atoms with E-state index in [9.17, 15) is 32.9 Å². The smallest absolute Gasteiger partial charge is 0.416 e. The van der Waals surface area contributed by atoms with Crippen LogP contribution in [0.5, 0.6) is 0 Å². The first-order chi connectivity index (χ1) is 14.0. The molecule has 0 aliphatic rings. The number of alkyl halides is 4. The molecule has 0 aliphatic heterocycles. The van der Waals surface area contributed by atoms with E-state index in [2.05, 4.69) is 4.74 Å². The molecule has 0 aromatic heterocycles. The molecule has 2 aromatic carbocycles. The minimum absolute atomic E-state index is 0.00925. The van der Waals surface area contributed by atoms with Crippen molar-refractivity contribution in [1.82, 2.24) is 0 Å². The van der Waals surface area contributed by atoms with Gasteiger partial charge in [0.1, 0.15) is 5.92 Å². The zero-order valence-corrected chi connectivity index (χ0v) is 15.7. The monoisotopic (exact) mass is 427 g/mol. The number of nitro groups is 1. The van der Waals surface area contributed by atoms with Crippen LogP contribution in [0, 0.1) is 10.1 Å². The quantitative estimate of drug-likeness (QED) is 0.157. The summed E-state index contributed by atoms with van der Waals surface area (Å²) in [6.45, 7) is -0.0809. The van der Waals surface area contributed by atoms with E-state index >= 15 is 4.39 Å². The molecule has 2 aromatic rings. The molecule has 0 radical (unpaired) electrons. The highest BCUT2D eigenvalue weighted by Gasteiger charge is 2.57. The van der Waals surface area contributed by atoms with Gasteiger partial charge in [0.2, 0.25) is 12.3 Å². The second-order valence-corrected chi connectivity index (χ2v) is 6.32. The first-order valence-electron chi connectivity index (χ1n) is 8.76. The van der Waals surface area contributed by atoms with E-state index in [1.807, 2.05) is 0 Å². The molecule has 6 nitrogen and oxygen atoms in total. The standard InChI is InChI=1S/C20H17F4NO5/c1-2-30-18(27)19(21,16(12-25(28)29)13-6-4-3-5-7-13)17(26)14-8-10-15(11-9-14)20(22,23)24/h3-11,16H,2,12H2,1H3/t16-,19-/m0/s1. The minimum atomic E-state index is -4.69. The maximum atomic E-state index is 16.1. The molecule has 0 amide bonds. The highest BCUT2D eigenvalue weighted by Crippen LogP contribution is 2.37. The van der Waals surface area contributed by atoms with Gasteiger partial charge in [-0.1, -0.05) is 42.5 Å². The fraction of sp³-hybridized carbons (Fsp3) is 0.300. The average Bonchev–Trinajstić information content (AvgIpc) is 2.71. The lowest BCUT2D eigenvalue weighted by Gasteiger charge is -2.28. The Kier molecular flexibility index (Phi) is 6.91. The number of carbonyl (C=O) groups is 2. The van der Waals surface area contributed by atoms with Gasteiger partial charge in [0.15, 0.2) is 0 Å². The van der Waals surface area contributed by atoms with Crippen LogP contribution in [0.3, 0.4) is 0 Å². The molecule has 0 heterocycles. The van der Waals surface area contributed by atoms with Gasteiger partial charge in [-0.05, 0) is 24.6 Å². The van der Waals surface area contributed by atoms with Crippen LogP contribution < -0.4 is 0 Å². The number of hydrogen-bond donors (Lipinski definition) is 0. The van der Waals surface area contributed by atoms with Crippen LogP contribution in [0.1, 0.15) is 34.3 Å². The van der Waals surface area contributed by atoms with Gasteiger partial charge >= 0.3 is 12.1 Å². The summed E-state index contributed by atoms with van der Waals surface area (Å²) < 4.78 is 59.1. The molecule has 0 saturated heterocycles. The maximum Gasteiger partial charge on any atom is 0.416 e. The van der Waals surface area contributed by atoms with Crippen molar-refractivity contribution in [2.45, 2.75) is 24.7 Å². The third-order valence-electron chi connectivity index (χ3n) is 4.39. The Labute approximate surface area is 168 Å². The van der Waals surface area contributed by atoms with Crippen LogP contribution in [0.25, 0.3) is 0 Å². The summed E-state index contributed by atoms with van der Waals surface area (Å²) in [4.78, 5) is 35.7. The number of esters is 1. The van der Waals surface area contributed by atoms with Gasteiger partial charge < -0.3 is 4.74 Å². The number of halogens is 4. The Morgan fingerprint density at radius 2 is 1.60 bits per heavy atom. The molecule has 0 spiro atoms. The van der Waals surface area contributed by atoms with E-state index in [4.69, 9.17) is 0 Å². The molecule has 0 saturated carbocycles. The molecule has 10 heteroatoms. The predicted octanol–water partition coefficient (Wildman–Crippen LogP) is 4.22. The number of hydrogen-bond acceptors (Lipinski definition) is 5. The van der Waals surface area contributed by atoms with Gasteiger partial charge in [0, 0.05) is 10.5 Å². The van der Waals surface area contributed by atoms with Crippen LogP contribution in [0.15, 0.2) is 54.6 Å². The summed E-state index contributed by atoms with van der Waals surface area (Å²) in [7, 11) is 0. The molecular weight excluding hydrogens is 410 g/mol. The van der Waals surface area contributed by atoms with Gasteiger partial charge in [-0.15, -0.1) is 0 Å². The lowest BCUT2D eigenvalue weighted by Crippen LogP contribution is -2.51. The van der Waals surface area contributed by atoms with Crippen molar-refractivity contribution < 1.29 is 36.8 Å². The van der Waals surface area contributed by atoms with Crippen molar-refractivity contribution in [3.05, 3.63) is 81.4 Å². The summed E-state index contributed by atoms with van der Waals surface area (Å²) in [6, 6.07) is 9.60. The van der Waals surface area contributed by atoms with E-state index in [0.29, 0.717) is 24.3 Å². The third kappa shape index (κ3) is 4.81. The van der Waals surface area contributed by atoms with Crippen molar-refractivity contribution in [2.75, 3.05) is 13.2 Å². The fourth-order valence-electron chi connectivity index (χ4n) is 2.95. The zero-order chi connectivity index (χ0) is 22.5. The molecule has 0 N–H and O–H groups in total. The number of nitrogens with zero attached hydrogens (tertiary/aromatic N) is 1. The molecule has 160 valence electrons. The van der Waals surface area contributed by atoms with Gasteiger partial charge in [-0.25, -0.2) is 9.18 Å². The average molecular weight is 427 g/mol. The molecule has 0 unspecified atom stereocenters. The molecule has 0 aliphatic carbocycles. The second-order valence-electron chi connectivity index (χ2n) is 6.32.